The Balaban J connectivity index is 2.01. The Morgan fingerprint density at radius 2 is 1.94 bits per heavy atom. The highest BCUT2D eigenvalue weighted by Gasteiger charge is 2.08. The first kappa shape index (κ1) is 12.9. The van der Waals surface area contributed by atoms with Crippen molar-refractivity contribution >= 4 is 29.2 Å². The van der Waals surface area contributed by atoms with Crippen molar-refractivity contribution in [2.75, 3.05) is 0 Å². The molecule has 92 valence electrons. The van der Waals surface area contributed by atoms with Crippen molar-refractivity contribution in [1.29, 1.82) is 0 Å². The summed E-state index contributed by atoms with van der Waals surface area (Å²) in [5, 5.41) is 0.900. The predicted molar refractivity (Wildman–Crippen MR) is 69.8 cm³/mol. The summed E-state index contributed by atoms with van der Waals surface area (Å²) in [6.45, 7) is 0.126. The van der Waals surface area contributed by atoms with E-state index in [1.807, 2.05) is 12.1 Å². The highest BCUT2D eigenvalue weighted by atomic mass is 35.5. The Bertz CT molecular complexity index is 555. The first-order valence-corrected chi connectivity index (χ1v) is 5.94. The van der Waals surface area contributed by atoms with E-state index in [1.165, 1.54) is 12.3 Å². The fraction of sp³-hybridized carbons (Fsp3) is 0.0769. The molecule has 1 aromatic heterocycles. The Hall–Kier alpha value is -1.58. The lowest BCUT2D eigenvalue weighted by atomic mass is 10.2. The zero-order valence-corrected chi connectivity index (χ0v) is 10.8. The van der Waals surface area contributed by atoms with Gasteiger partial charge < -0.3 is 4.74 Å². The van der Waals surface area contributed by atoms with Gasteiger partial charge in [0.1, 0.15) is 11.8 Å². The zero-order valence-electron chi connectivity index (χ0n) is 9.27. The number of nitrogens with zero attached hydrogens (tertiary/aromatic N) is 1. The van der Waals surface area contributed by atoms with E-state index in [4.69, 9.17) is 27.9 Å². The highest BCUT2D eigenvalue weighted by molar-refractivity contribution is 6.31. The number of hydrogen-bond acceptors (Lipinski definition) is 3. The van der Waals surface area contributed by atoms with Crippen LogP contribution in [-0.2, 0) is 11.3 Å². The van der Waals surface area contributed by atoms with Crippen molar-refractivity contribution in [2.24, 2.45) is 0 Å². The molecule has 0 aliphatic heterocycles. The summed E-state index contributed by atoms with van der Waals surface area (Å²) >= 11 is 11.6. The molecule has 0 aliphatic rings. The second-order valence-electron chi connectivity index (χ2n) is 3.54. The molecule has 0 spiro atoms. The smallest absolute Gasteiger partial charge is 0.340 e. The number of esters is 1. The second kappa shape index (κ2) is 5.85. The van der Waals surface area contributed by atoms with Crippen LogP contribution in [0.15, 0.2) is 42.6 Å². The van der Waals surface area contributed by atoms with Crippen LogP contribution in [0.3, 0.4) is 0 Å². The average Bonchev–Trinajstić information content (AvgIpc) is 2.38. The highest BCUT2D eigenvalue weighted by Crippen LogP contribution is 2.16. The summed E-state index contributed by atoms with van der Waals surface area (Å²) in [5.74, 6) is -0.459. The fourth-order valence-corrected chi connectivity index (χ4v) is 1.64. The average molecular weight is 282 g/mol. The van der Waals surface area contributed by atoms with Gasteiger partial charge in [0.15, 0.2) is 0 Å². The molecule has 2 aromatic rings. The standard InChI is InChI=1S/C13H9Cl2NO2/c14-11-4-2-1-3-10(11)8-18-13(17)9-5-6-12(15)16-7-9/h1-7H,8H2. The Kier molecular flexibility index (Phi) is 4.18. The molecule has 0 bridgehead atoms. The van der Waals surface area contributed by atoms with Gasteiger partial charge in [-0.15, -0.1) is 0 Å². The predicted octanol–water partition coefficient (Wildman–Crippen LogP) is 3.75. The monoisotopic (exact) mass is 281 g/mol. The molecule has 0 saturated carbocycles. The van der Waals surface area contributed by atoms with E-state index < -0.39 is 5.97 Å². The van der Waals surface area contributed by atoms with Gasteiger partial charge in [0.2, 0.25) is 0 Å². The maximum absolute atomic E-state index is 11.7. The van der Waals surface area contributed by atoms with E-state index in [0.717, 1.165) is 5.56 Å². The Morgan fingerprint density at radius 3 is 2.61 bits per heavy atom. The maximum atomic E-state index is 11.7. The van der Waals surface area contributed by atoms with Crippen molar-refractivity contribution < 1.29 is 9.53 Å². The van der Waals surface area contributed by atoms with E-state index in [0.29, 0.717) is 15.7 Å². The number of carbonyl (C=O) groups excluding carboxylic acids is 1. The quantitative estimate of drug-likeness (QED) is 0.635. The van der Waals surface area contributed by atoms with Crippen LogP contribution in [0.25, 0.3) is 0 Å². The van der Waals surface area contributed by atoms with E-state index in [1.54, 1.807) is 18.2 Å². The fourth-order valence-electron chi connectivity index (χ4n) is 1.34. The van der Waals surface area contributed by atoms with Gasteiger partial charge in [0.25, 0.3) is 0 Å². The van der Waals surface area contributed by atoms with Gasteiger partial charge in [-0.1, -0.05) is 41.4 Å². The molecular weight excluding hydrogens is 273 g/mol. The number of benzene rings is 1. The summed E-state index contributed by atoms with van der Waals surface area (Å²) in [7, 11) is 0. The molecule has 0 radical (unpaired) electrons. The second-order valence-corrected chi connectivity index (χ2v) is 4.33. The minimum absolute atomic E-state index is 0.126. The first-order chi connectivity index (χ1) is 8.66. The molecule has 0 atom stereocenters. The third-order valence-corrected chi connectivity index (χ3v) is 2.87. The van der Waals surface area contributed by atoms with Gasteiger partial charge in [-0.2, -0.15) is 0 Å². The van der Waals surface area contributed by atoms with Gasteiger partial charge >= 0.3 is 5.97 Å². The molecule has 3 nitrogen and oxygen atoms in total. The van der Waals surface area contributed by atoms with Crippen LogP contribution in [0.5, 0.6) is 0 Å². The van der Waals surface area contributed by atoms with Crippen LogP contribution in [0, 0.1) is 0 Å². The molecule has 5 heteroatoms. The number of ether oxygens (including phenoxy) is 1. The van der Waals surface area contributed by atoms with Gasteiger partial charge in [0, 0.05) is 16.8 Å². The molecule has 1 aromatic carbocycles. The third kappa shape index (κ3) is 3.22. The molecule has 0 amide bonds. The Labute approximate surface area is 114 Å². The number of hydrogen-bond donors (Lipinski definition) is 0. The normalized spacial score (nSPS) is 10.1. The van der Waals surface area contributed by atoms with Crippen LogP contribution in [0.4, 0.5) is 0 Å². The van der Waals surface area contributed by atoms with Gasteiger partial charge in [0.05, 0.1) is 5.56 Å². The van der Waals surface area contributed by atoms with Crippen molar-refractivity contribution in [1.82, 2.24) is 4.98 Å². The third-order valence-electron chi connectivity index (χ3n) is 2.28. The molecule has 2 rings (SSSR count). The van der Waals surface area contributed by atoms with Crippen molar-refractivity contribution in [3.63, 3.8) is 0 Å². The molecular formula is C13H9Cl2NO2. The Morgan fingerprint density at radius 1 is 1.17 bits per heavy atom. The first-order valence-electron chi connectivity index (χ1n) is 5.19. The summed E-state index contributed by atoms with van der Waals surface area (Å²) in [6, 6.07) is 10.3. The summed E-state index contributed by atoms with van der Waals surface area (Å²) in [6.07, 6.45) is 1.37. The lowest BCUT2D eigenvalue weighted by molar-refractivity contribution is 0.0472. The molecule has 1 heterocycles. The van der Waals surface area contributed by atoms with Crippen LogP contribution in [-0.4, -0.2) is 11.0 Å². The van der Waals surface area contributed by atoms with Crippen LogP contribution in [0.1, 0.15) is 15.9 Å². The lowest BCUT2D eigenvalue weighted by Crippen LogP contribution is -2.05. The van der Waals surface area contributed by atoms with Crippen molar-refractivity contribution in [3.05, 3.63) is 63.9 Å². The van der Waals surface area contributed by atoms with E-state index in [9.17, 15) is 4.79 Å². The number of rotatable bonds is 3. The minimum Gasteiger partial charge on any atom is -0.457 e. The van der Waals surface area contributed by atoms with E-state index in [-0.39, 0.29) is 6.61 Å². The molecule has 0 fully saturated rings. The van der Waals surface area contributed by atoms with Crippen molar-refractivity contribution in [2.45, 2.75) is 6.61 Å². The molecule has 18 heavy (non-hydrogen) atoms. The van der Waals surface area contributed by atoms with Crippen LogP contribution >= 0.6 is 23.2 Å². The maximum Gasteiger partial charge on any atom is 0.340 e. The zero-order chi connectivity index (χ0) is 13.0. The van der Waals surface area contributed by atoms with Gasteiger partial charge in [-0.3, -0.25) is 0 Å². The molecule has 0 N–H and O–H groups in total. The van der Waals surface area contributed by atoms with Gasteiger partial charge in [-0.25, -0.2) is 9.78 Å². The lowest BCUT2D eigenvalue weighted by Gasteiger charge is -2.06. The van der Waals surface area contributed by atoms with Crippen LogP contribution < -0.4 is 0 Å². The van der Waals surface area contributed by atoms with E-state index in [2.05, 4.69) is 4.98 Å². The molecule has 0 unspecified atom stereocenters. The van der Waals surface area contributed by atoms with E-state index >= 15 is 0 Å². The summed E-state index contributed by atoms with van der Waals surface area (Å²) < 4.78 is 5.13. The van der Waals surface area contributed by atoms with Crippen LogP contribution in [0.2, 0.25) is 10.2 Å². The van der Waals surface area contributed by atoms with Crippen molar-refractivity contribution in [3.8, 4) is 0 Å². The molecule has 0 aliphatic carbocycles. The number of carbonyl (C=O) groups is 1. The SMILES string of the molecule is O=C(OCc1ccccc1Cl)c1ccc(Cl)nc1. The summed E-state index contributed by atoms with van der Waals surface area (Å²) in [4.78, 5) is 15.5. The number of halogens is 2. The summed E-state index contributed by atoms with van der Waals surface area (Å²) in [5.41, 5.74) is 1.11. The van der Waals surface area contributed by atoms with Gasteiger partial charge in [-0.05, 0) is 18.2 Å². The molecule has 0 saturated heterocycles. The minimum atomic E-state index is -0.459. The largest absolute Gasteiger partial charge is 0.457 e. The number of aromatic nitrogens is 1. The number of pyridine rings is 1. The topological polar surface area (TPSA) is 39.2 Å².